The summed E-state index contributed by atoms with van der Waals surface area (Å²) < 4.78 is 76.0. The monoisotopic (exact) mass is 365 g/mol. The minimum Gasteiger partial charge on any atom is -0.342 e. The number of rotatable bonds is 1. The van der Waals surface area contributed by atoms with E-state index in [1.54, 1.807) is 6.92 Å². The van der Waals surface area contributed by atoms with E-state index in [1.165, 1.54) is 32.1 Å². The van der Waals surface area contributed by atoms with Crippen molar-refractivity contribution in [3.63, 3.8) is 0 Å². The topological polar surface area (TPSA) is 40.7 Å². The molecule has 0 radical (unpaired) electrons. The third kappa shape index (κ3) is 5.48. The van der Waals surface area contributed by atoms with E-state index in [-0.39, 0.29) is 17.3 Å². The fourth-order valence-electron chi connectivity index (χ4n) is 2.30. The molecule has 0 bridgehead atoms. The van der Waals surface area contributed by atoms with Crippen LogP contribution in [0.4, 0.5) is 26.3 Å². The molecule has 2 aromatic rings. The lowest BCUT2D eigenvalue weighted by Crippen LogP contribution is -2.11. The van der Waals surface area contributed by atoms with Gasteiger partial charge in [-0.1, -0.05) is 0 Å². The Balaban J connectivity index is 0.000000386. The normalized spacial score (nSPS) is 15.0. The SMILES string of the molecule is C1CCNC1.Cc1ncc(-c2cc(C(F)(F)F)cc(C(F)(F)F)c2)[nH]1. The summed E-state index contributed by atoms with van der Waals surface area (Å²) in [6.07, 6.45) is -5.75. The van der Waals surface area contributed by atoms with E-state index in [4.69, 9.17) is 0 Å². The maximum absolute atomic E-state index is 12.7. The zero-order chi connectivity index (χ0) is 18.7. The summed E-state index contributed by atoms with van der Waals surface area (Å²) in [6.45, 7) is 4.04. The van der Waals surface area contributed by atoms with Crippen LogP contribution < -0.4 is 5.32 Å². The Morgan fingerprint density at radius 1 is 0.880 bits per heavy atom. The molecule has 1 aromatic carbocycles. The van der Waals surface area contributed by atoms with Crippen LogP contribution in [0, 0.1) is 6.92 Å². The van der Waals surface area contributed by atoms with Crippen LogP contribution in [0.2, 0.25) is 0 Å². The lowest BCUT2D eigenvalue weighted by Gasteiger charge is -2.13. The first-order valence-electron chi connectivity index (χ1n) is 7.59. The van der Waals surface area contributed by atoms with E-state index in [2.05, 4.69) is 15.3 Å². The Labute approximate surface area is 140 Å². The number of nitrogens with zero attached hydrogens (tertiary/aromatic N) is 1. The van der Waals surface area contributed by atoms with Crippen LogP contribution in [-0.4, -0.2) is 23.1 Å². The fourth-order valence-corrected chi connectivity index (χ4v) is 2.30. The first kappa shape index (κ1) is 19.3. The molecule has 0 unspecified atom stereocenters. The number of aryl methyl sites for hydroxylation is 1. The van der Waals surface area contributed by atoms with Crippen molar-refractivity contribution in [2.24, 2.45) is 0 Å². The molecule has 9 heteroatoms. The standard InChI is InChI=1S/C12H8F6N2.C4H9N/c1-6-19-5-10(20-6)7-2-8(11(13,14)15)4-9(3-7)12(16,17)18;1-2-4-5-3-1/h2-5H,1H3,(H,19,20);5H,1-4H2. The van der Waals surface area contributed by atoms with Gasteiger partial charge in [-0.05, 0) is 51.1 Å². The molecule has 0 aliphatic carbocycles. The van der Waals surface area contributed by atoms with Gasteiger partial charge in [-0.2, -0.15) is 26.3 Å². The van der Waals surface area contributed by atoms with Crippen molar-refractivity contribution >= 4 is 0 Å². The summed E-state index contributed by atoms with van der Waals surface area (Å²) in [5.74, 6) is 0.394. The van der Waals surface area contributed by atoms with Gasteiger partial charge < -0.3 is 10.3 Å². The zero-order valence-corrected chi connectivity index (χ0v) is 13.4. The Morgan fingerprint density at radius 3 is 1.72 bits per heavy atom. The number of halogens is 6. The van der Waals surface area contributed by atoms with Gasteiger partial charge >= 0.3 is 12.4 Å². The number of nitrogens with one attached hydrogen (secondary N) is 2. The second-order valence-corrected chi connectivity index (χ2v) is 5.63. The number of hydrogen-bond donors (Lipinski definition) is 2. The Hall–Kier alpha value is -2.03. The predicted molar refractivity (Wildman–Crippen MR) is 80.9 cm³/mol. The number of aromatic amines is 1. The molecule has 1 saturated heterocycles. The maximum atomic E-state index is 12.7. The molecule has 1 fully saturated rings. The Bertz CT molecular complexity index is 659. The van der Waals surface area contributed by atoms with Crippen molar-refractivity contribution in [1.82, 2.24) is 15.3 Å². The van der Waals surface area contributed by atoms with Crippen LogP contribution in [0.5, 0.6) is 0 Å². The molecule has 1 aliphatic rings. The average molecular weight is 365 g/mol. The van der Waals surface area contributed by atoms with E-state index >= 15 is 0 Å². The molecule has 0 spiro atoms. The molecule has 1 aromatic heterocycles. The molecular weight excluding hydrogens is 348 g/mol. The van der Waals surface area contributed by atoms with Crippen molar-refractivity contribution in [3.05, 3.63) is 41.3 Å². The van der Waals surface area contributed by atoms with Crippen molar-refractivity contribution < 1.29 is 26.3 Å². The van der Waals surface area contributed by atoms with Gasteiger partial charge in [0.15, 0.2) is 0 Å². The van der Waals surface area contributed by atoms with Gasteiger partial charge in [-0.3, -0.25) is 0 Å². The third-order valence-electron chi connectivity index (χ3n) is 3.56. The highest BCUT2D eigenvalue weighted by atomic mass is 19.4. The van der Waals surface area contributed by atoms with Gasteiger partial charge in [0.05, 0.1) is 23.0 Å². The number of alkyl halides is 6. The molecule has 0 saturated carbocycles. The van der Waals surface area contributed by atoms with Crippen molar-refractivity contribution in [1.29, 1.82) is 0 Å². The number of hydrogen-bond acceptors (Lipinski definition) is 2. The molecule has 25 heavy (non-hydrogen) atoms. The summed E-state index contributed by atoms with van der Waals surface area (Å²) in [6, 6.07) is 1.40. The minimum atomic E-state index is -4.86. The number of imidazole rings is 1. The van der Waals surface area contributed by atoms with Crippen LogP contribution >= 0.6 is 0 Å². The molecule has 3 rings (SSSR count). The second-order valence-electron chi connectivity index (χ2n) is 5.63. The van der Waals surface area contributed by atoms with Gasteiger partial charge in [0.1, 0.15) is 5.82 Å². The highest BCUT2D eigenvalue weighted by Crippen LogP contribution is 2.38. The van der Waals surface area contributed by atoms with Crippen molar-refractivity contribution in [2.75, 3.05) is 13.1 Å². The first-order chi connectivity index (χ1) is 11.6. The van der Waals surface area contributed by atoms with E-state index in [0.29, 0.717) is 18.0 Å². The Morgan fingerprint density at radius 2 is 1.40 bits per heavy atom. The highest BCUT2D eigenvalue weighted by Gasteiger charge is 2.37. The molecule has 0 atom stereocenters. The quantitative estimate of drug-likeness (QED) is 0.714. The lowest BCUT2D eigenvalue weighted by atomic mass is 10.0. The summed E-state index contributed by atoms with van der Waals surface area (Å²) in [5, 5.41) is 3.22. The lowest BCUT2D eigenvalue weighted by molar-refractivity contribution is -0.143. The highest BCUT2D eigenvalue weighted by molar-refractivity contribution is 5.61. The average Bonchev–Trinajstić information content (AvgIpc) is 3.19. The molecule has 2 heterocycles. The maximum Gasteiger partial charge on any atom is 0.416 e. The minimum absolute atomic E-state index is 0.0900. The smallest absolute Gasteiger partial charge is 0.342 e. The second kappa shape index (κ2) is 7.47. The summed E-state index contributed by atoms with van der Waals surface area (Å²) in [5.41, 5.74) is -2.82. The predicted octanol–water partition coefficient (Wildman–Crippen LogP) is 4.79. The number of benzene rings is 1. The van der Waals surface area contributed by atoms with Gasteiger partial charge in [0.2, 0.25) is 0 Å². The van der Waals surface area contributed by atoms with Crippen LogP contribution in [0.3, 0.4) is 0 Å². The number of H-pyrrole nitrogens is 1. The molecular formula is C16H17F6N3. The van der Waals surface area contributed by atoms with Crippen LogP contribution in [0.1, 0.15) is 29.8 Å². The third-order valence-corrected chi connectivity index (χ3v) is 3.56. The summed E-state index contributed by atoms with van der Waals surface area (Å²) in [4.78, 5) is 6.36. The van der Waals surface area contributed by atoms with Crippen LogP contribution in [0.25, 0.3) is 11.3 Å². The van der Waals surface area contributed by atoms with E-state index in [9.17, 15) is 26.3 Å². The molecule has 0 amide bonds. The van der Waals surface area contributed by atoms with Gasteiger partial charge in [0, 0.05) is 5.56 Å². The van der Waals surface area contributed by atoms with E-state index < -0.39 is 23.5 Å². The zero-order valence-electron chi connectivity index (χ0n) is 13.4. The fraction of sp³-hybridized carbons (Fsp3) is 0.438. The van der Waals surface area contributed by atoms with Crippen molar-refractivity contribution in [3.8, 4) is 11.3 Å². The molecule has 1 aliphatic heterocycles. The van der Waals surface area contributed by atoms with E-state index in [0.717, 1.165) is 0 Å². The largest absolute Gasteiger partial charge is 0.416 e. The molecule has 2 N–H and O–H groups in total. The number of aromatic nitrogens is 2. The molecule has 3 nitrogen and oxygen atoms in total. The first-order valence-corrected chi connectivity index (χ1v) is 7.59. The van der Waals surface area contributed by atoms with E-state index in [1.807, 2.05) is 0 Å². The van der Waals surface area contributed by atoms with Crippen molar-refractivity contribution in [2.45, 2.75) is 32.1 Å². The summed E-state index contributed by atoms with van der Waals surface area (Å²) >= 11 is 0. The van der Waals surface area contributed by atoms with Gasteiger partial charge in [-0.25, -0.2) is 4.98 Å². The van der Waals surface area contributed by atoms with Crippen LogP contribution in [0.15, 0.2) is 24.4 Å². The van der Waals surface area contributed by atoms with Gasteiger partial charge in [0.25, 0.3) is 0 Å². The summed E-state index contributed by atoms with van der Waals surface area (Å²) in [7, 11) is 0. The van der Waals surface area contributed by atoms with Crippen LogP contribution in [-0.2, 0) is 12.4 Å². The van der Waals surface area contributed by atoms with Gasteiger partial charge in [-0.15, -0.1) is 0 Å². The Kier molecular flexibility index (Phi) is 5.76. The molecule has 138 valence electrons.